The van der Waals surface area contributed by atoms with Gasteiger partial charge in [-0.1, -0.05) is 6.92 Å². The Labute approximate surface area is 95.9 Å². The Bertz CT molecular complexity index is 275. The number of aromatic nitrogens is 1. The van der Waals surface area contributed by atoms with Gasteiger partial charge < -0.3 is 10.1 Å². The van der Waals surface area contributed by atoms with Crippen molar-refractivity contribution in [3.05, 3.63) is 16.1 Å². The highest BCUT2D eigenvalue weighted by atomic mass is 32.1. The maximum Gasteiger partial charge on any atom is 0.0940 e. The lowest BCUT2D eigenvalue weighted by Gasteiger charge is -2.11. The van der Waals surface area contributed by atoms with Crippen LogP contribution in [0.1, 0.15) is 23.7 Å². The molecule has 0 aliphatic carbocycles. The summed E-state index contributed by atoms with van der Waals surface area (Å²) < 4.78 is 5.05. The molecular weight excluding hydrogens is 208 g/mol. The van der Waals surface area contributed by atoms with Crippen molar-refractivity contribution in [2.24, 2.45) is 0 Å². The zero-order valence-electron chi connectivity index (χ0n) is 9.75. The van der Waals surface area contributed by atoms with E-state index in [0.717, 1.165) is 26.0 Å². The summed E-state index contributed by atoms with van der Waals surface area (Å²) >= 11 is 1.82. The Kier molecular flexibility index (Phi) is 5.83. The molecule has 0 aromatic carbocycles. The molecule has 4 heteroatoms. The topological polar surface area (TPSA) is 34.2 Å². The Hall–Kier alpha value is -0.450. The first-order valence-corrected chi connectivity index (χ1v) is 6.23. The smallest absolute Gasteiger partial charge is 0.0940 e. The predicted octanol–water partition coefficient (Wildman–Crippen LogP) is 1.87. The summed E-state index contributed by atoms with van der Waals surface area (Å²) in [7, 11) is 1.73. The molecule has 86 valence electrons. The number of nitrogens with zero attached hydrogens (tertiary/aromatic N) is 1. The van der Waals surface area contributed by atoms with Crippen molar-refractivity contribution in [2.75, 3.05) is 20.3 Å². The molecule has 1 atom stereocenters. The summed E-state index contributed by atoms with van der Waals surface area (Å²) in [5.74, 6) is 0. The molecule has 1 unspecified atom stereocenters. The average molecular weight is 228 g/mol. The summed E-state index contributed by atoms with van der Waals surface area (Å²) in [5, 5.41) is 4.63. The van der Waals surface area contributed by atoms with Crippen molar-refractivity contribution in [2.45, 2.75) is 32.7 Å². The van der Waals surface area contributed by atoms with E-state index >= 15 is 0 Å². The normalized spacial score (nSPS) is 13.0. The van der Waals surface area contributed by atoms with Crippen LogP contribution in [0.15, 0.2) is 6.20 Å². The monoisotopic (exact) mass is 228 g/mol. The van der Waals surface area contributed by atoms with Crippen LogP contribution < -0.4 is 5.32 Å². The van der Waals surface area contributed by atoms with Crippen LogP contribution in [0.2, 0.25) is 0 Å². The third kappa shape index (κ3) is 4.73. The fourth-order valence-corrected chi connectivity index (χ4v) is 2.22. The fraction of sp³-hybridized carbons (Fsp3) is 0.727. The molecule has 0 radical (unpaired) electrons. The van der Waals surface area contributed by atoms with Crippen LogP contribution in [0.4, 0.5) is 0 Å². The minimum Gasteiger partial charge on any atom is -0.383 e. The molecule has 0 fully saturated rings. The number of hydrogen-bond acceptors (Lipinski definition) is 4. The molecule has 0 aliphatic rings. The number of aryl methyl sites for hydroxylation is 1. The number of rotatable bonds is 7. The van der Waals surface area contributed by atoms with Gasteiger partial charge in [-0.15, -0.1) is 11.3 Å². The second kappa shape index (κ2) is 6.93. The fourth-order valence-electron chi connectivity index (χ4n) is 1.36. The van der Waals surface area contributed by atoms with Crippen molar-refractivity contribution in [1.82, 2.24) is 10.3 Å². The van der Waals surface area contributed by atoms with Gasteiger partial charge in [0.1, 0.15) is 0 Å². The predicted molar refractivity (Wildman–Crippen MR) is 64.5 cm³/mol. The van der Waals surface area contributed by atoms with E-state index in [0.29, 0.717) is 6.04 Å². The molecule has 3 nitrogen and oxygen atoms in total. The van der Waals surface area contributed by atoms with Gasteiger partial charge in [0, 0.05) is 37.2 Å². The van der Waals surface area contributed by atoms with Crippen molar-refractivity contribution in [3.63, 3.8) is 0 Å². The van der Waals surface area contributed by atoms with Gasteiger partial charge in [-0.25, -0.2) is 4.98 Å². The lowest BCUT2D eigenvalue weighted by molar-refractivity contribution is 0.172. The summed E-state index contributed by atoms with van der Waals surface area (Å²) in [6.07, 6.45) is 4.09. The van der Waals surface area contributed by atoms with Gasteiger partial charge in [-0.2, -0.15) is 0 Å². The van der Waals surface area contributed by atoms with Gasteiger partial charge in [0.25, 0.3) is 0 Å². The van der Waals surface area contributed by atoms with Crippen molar-refractivity contribution in [3.8, 4) is 0 Å². The van der Waals surface area contributed by atoms with E-state index in [-0.39, 0.29) is 0 Å². The van der Waals surface area contributed by atoms with E-state index < -0.39 is 0 Å². The molecule has 0 aliphatic heterocycles. The van der Waals surface area contributed by atoms with Crippen LogP contribution in [-0.2, 0) is 17.6 Å². The van der Waals surface area contributed by atoms with Gasteiger partial charge in [0.2, 0.25) is 0 Å². The molecule has 0 saturated carbocycles. The van der Waals surface area contributed by atoms with Crippen molar-refractivity contribution in [1.29, 1.82) is 0 Å². The highest BCUT2D eigenvalue weighted by Crippen LogP contribution is 2.13. The number of ether oxygens (including phenoxy) is 1. The molecular formula is C11H20N2OS. The van der Waals surface area contributed by atoms with Crippen LogP contribution >= 0.6 is 11.3 Å². The maximum atomic E-state index is 5.05. The van der Waals surface area contributed by atoms with Gasteiger partial charge >= 0.3 is 0 Å². The lowest BCUT2D eigenvalue weighted by Crippen LogP contribution is -2.31. The Morgan fingerprint density at radius 2 is 2.40 bits per heavy atom. The zero-order chi connectivity index (χ0) is 11.1. The number of thiazole rings is 1. The van der Waals surface area contributed by atoms with E-state index in [2.05, 4.69) is 24.1 Å². The molecule has 15 heavy (non-hydrogen) atoms. The summed E-state index contributed by atoms with van der Waals surface area (Å²) in [6.45, 7) is 6.03. The second-order valence-electron chi connectivity index (χ2n) is 3.63. The van der Waals surface area contributed by atoms with Gasteiger partial charge in [-0.05, 0) is 13.3 Å². The van der Waals surface area contributed by atoms with Crippen LogP contribution in [0.25, 0.3) is 0 Å². The first kappa shape index (κ1) is 12.6. The minimum absolute atomic E-state index is 0.417. The highest BCUT2D eigenvalue weighted by molar-refractivity contribution is 7.11. The number of methoxy groups -OCH3 is 1. The van der Waals surface area contributed by atoms with E-state index in [4.69, 9.17) is 4.74 Å². The van der Waals surface area contributed by atoms with Gasteiger partial charge in [-0.3, -0.25) is 0 Å². The molecule has 0 amide bonds. The molecule has 1 rings (SSSR count). The standard InChI is InChI=1S/C11H20N2OS/c1-4-10-7-13-11(15-10)5-6-12-9(2)8-14-3/h7,9,12H,4-6,8H2,1-3H3. The van der Waals surface area contributed by atoms with Crippen molar-refractivity contribution < 1.29 is 4.74 Å². The average Bonchev–Trinajstić information content (AvgIpc) is 2.66. The highest BCUT2D eigenvalue weighted by Gasteiger charge is 2.02. The minimum atomic E-state index is 0.417. The van der Waals surface area contributed by atoms with Crippen molar-refractivity contribution >= 4 is 11.3 Å². The third-order valence-corrected chi connectivity index (χ3v) is 3.40. The number of nitrogens with one attached hydrogen (secondary N) is 1. The summed E-state index contributed by atoms with van der Waals surface area (Å²) in [4.78, 5) is 5.75. The maximum absolute atomic E-state index is 5.05. The molecule has 1 aromatic heterocycles. The largest absolute Gasteiger partial charge is 0.383 e. The Balaban J connectivity index is 2.19. The Morgan fingerprint density at radius 3 is 3.00 bits per heavy atom. The summed E-state index contributed by atoms with van der Waals surface area (Å²) in [6, 6.07) is 0.417. The van der Waals surface area contributed by atoms with E-state index in [9.17, 15) is 0 Å². The van der Waals surface area contributed by atoms with Crippen LogP contribution in [0, 0.1) is 0 Å². The SMILES string of the molecule is CCc1cnc(CCNC(C)COC)s1. The summed E-state index contributed by atoms with van der Waals surface area (Å²) in [5.41, 5.74) is 0. The first-order chi connectivity index (χ1) is 7.26. The number of hydrogen-bond donors (Lipinski definition) is 1. The van der Waals surface area contributed by atoms with E-state index in [1.54, 1.807) is 7.11 Å². The quantitative estimate of drug-likeness (QED) is 0.773. The molecule has 1 N–H and O–H groups in total. The van der Waals surface area contributed by atoms with Gasteiger partial charge in [0.15, 0.2) is 0 Å². The third-order valence-electron chi connectivity index (χ3n) is 2.20. The second-order valence-corrected chi connectivity index (χ2v) is 4.83. The van der Waals surface area contributed by atoms with E-state index in [1.807, 2.05) is 17.5 Å². The molecule has 1 heterocycles. The van der Waals surface area contributed by atoms with Crippen LogP contribution in [0.5, 0.6) is 0 Å². The van der Waals surface area contributed by atoms with Crippen LogP contribution in [0.3, 0.4) is 0 Å². The van der Waals surface area contributed by atoms with Crippen LogP contribution in [-0.4, -0.2) is 31.3 Å². The lowest BCUT2D eigenvalue weighted by atomic mass is 10.3. The van der Waals surface area contributed by atoms with Gasteiger partial charge in [0.05, 0.1) is 11.6 Å². The first-order valence-electron chi connectivity index (χ1n) is 5.42. The molecule has 1 aromatic rings. The van der Waals surface area contributed by atoms with E-state index in [1.165, 1.54) is 9.88 Å². The molecule has 0 saturated heterocycles. The molecule has 0 bridgehead atoms. The Morgan fingerprint density at radius 1 is 1.60 bits per heavy atom. The zero-order valence-corrected chi connectivity index (χ0v) is 10.6. The molecule has 0 spiro atoms.